The summed E-state index contributed by atoms with van der Waals surface area (Å²) in [5, 5.41) is 8.53. The lowest BCUT2D eigenvalue weighted by Gasteiger charge is -2.06. The van der Waals surface area contributed by atoms with E-state index < -0.39 is 5.97 Å². The summed E-state index contributed by atoms with van der Waals surface area (Å²) in [6.45, 7) is 1.32. The number of furan rings is 1. The second-order valence-electron chi connectivity index (χ2n) is 4.22. The second-order valence-corrected chi connectivity index (χ2v) is 4.22. The largest absolute Gasteiger partial charge is 0.491 e. The molecule has 1 N–H and O–H groups in total. The standard InChI is InChI=1S/C16H16O5/c17-16(18)8-5-13-3-6-14(7-4-13)21-11-10-19-12-15-2-1-9-20-15/h1-9H,10-12H2,(H,17,18). The molecule has 21 heavy (non-hydrogen) atoms. The van der Waals surface area contributed by atoms with Crippen LogP contribution in [-0.2, 0) is 16.1 Å². The van der Waals surface area contributed by atoms with Crippen molar-refractivity contribution in [3.05, 3.63) is 60.1 Å². The van der Waals surface area contributed by atoms with Crippen molar-refractivity contribution in [2.45, 2.75) is 6.61 Å². The quantitative estimate of drug-likeness (QED) is 0.597. The number of carboxylic acids is 1. The van der Waals surface area contributed by atoms with Gasteiger partial charge >= 0.3 is 5.97 Å². The molecule has 0 saturated carbocycles. The van der Waals surface area contributed by atoms with E-state index in [1.165, 1.54) is 6.08 Å². The van der Waals surface area contributed by atoms with Crippen molar-refractivity contribution in [1.82, 2.24) is 0 Å². The zero-order valence-corrected chi connectivity index (χ0v) is 11.4. The molecule has 1 aromatic heterocycles. The maximum Gasteiger partial charge on any atom is 0.328 e. The van der Waals surface area contributed by atoms with Crippen LogP contribution in [0.3, 0.4) is 0 Å². The first-order chi connectivity index (χ1) is 10.2. The van der Waals surface area contributed by atoms with Gasteiger partial charge in [0.05, 0.1) is 12.9 Å². The Morgan fingerprint density at radius 1 is 1.19 bits per heavy atom. The van der Waals surface area contributed by atoms with Crippen LogP contribution < -0.4 is 4.74 Å². The number of benzene rings is 1. The highest BCUT2D eigenvalue weighted by Crippen LogP contribution is 2.13. The lowest BCUT2D eigenvalue weighted by Crippen LogP contribution is -2.06. The lowest BCUT2D eigenvalue weighted by atomic mass is 10.2. The average Bonchev–Trinajstić information content (AvgIpc) is 2.99. The minimum atomic E-state index is -0.968. The Balaban J connectivity index is 1.67. The van der Waals surface area contributed by atoms with Crippen LogP contribution in [0.2, 0.25) is 0 Å². The van der Waals surface area contributed by atoms with Crippen LogP contribution in [0.15, 0.2) is 53.2 Å². The molecule has 0 atom stereocenters. The van der Waals surface area contributed by atoms with Gasteiger partial charge in [-0.1, -0.05) is 12.1 Å². The molecule has 5 heteroatoms. The fourth-order valence-corrected chi connectivity index (χ4v) is 1.63. The van der Waals surface area contributed by atoms with Crippen LogP contribution in [-0.4, -0.2) is 24.3 Å². The van der Waals surface area contributed by atoms with E-state index in [-0.39, 0.29) is 0 Å². The molecular formula is C16H16O5. The molecule has 1 aromatic carbocycles. The van der Waals surface area contributed by atoms with Crippen LogP contribution in [0.1, 0.15) is 11.3 Å². The maximum atomic E-state index is 10.4. The van der Waals surface area contributed by atoms with Crippen molar-refractivity contribution in [2.24, 2.45) is 0 Å². The number of rotatable bonds is 8. The third-order valence-corrected chi connectivity index (χ3v) is 2.62. The van der Waals surface area contributed by atoms with E-state index in [0.29, 0.717) is 25.6 Å². The molecule has 2 rings (SSSR count). The minimum Gasteiger partial charge on any atom is -0.491 e. The molecule has 2 aromatic rings. The van der Waals surface area contributed by atoms with Gasteiger partial charge in [-0.2, -0.15) is 0 Å². The van der Waals surface area contributed by atoms with Crippen LogP contribution in [0.5, 0.6) is 5.75 Å². The molecule has 0 aliphatic heterocycles. The van der Waals surface area contributed by atoms with Gasteiger partial charge in [0, 0.05) is 6.08 Å². The summed E-state index contributed by atoms with van der Waals surface area (Å²) in [5.41, 5.74) is 0.804. The molecule has 0 unspecified atom stereocenters. The van der Waals surface area contributed by atoms with Crippen molar-refractivity contribution in [3.8, 4) is 5.75 Å². The van der Waals surface area contributed by atoms with Gasteiger partial charge in [-0.05, 0) is 35.9 Å². The molecule has 1 heterocycles. The van der Waals surface area contributed by atoms with Crippen molar-refractivity contribution in [1.29, 1.82) is 0 Å². The highest BCUT2D eigenvalue weighted by molar-refractivity contribution is 5.85. The van der Waals surface area contributed by atoms with Crippen molar-refractivity contribution >= 4 is 12.0 Å². The molecule has 110 valence electrons. The minimum absolute atomic E-state index is 0.426. The zero-order valence-electron chi connectivity index (χ0n) is 11.4. The van der Waals surface area contributed by atoms with Crippen molar-refractivity contribution in [2.75, 3.05) is 13.2 Å². The van der Waals surface area contributed by atoms with Gasteiger partial charge < -0.3 is 19.0 Å². The normalized spacial score (nSPS) is 10.9. The first kappa shape index (κ1) is 14.9. The second kappa shape index (κ2) is 7.91. The van der Waals surface area contributed by atoms with Gasteiger partial charge in [-0.25, -0.2) is 4.79 Å². The summed E-state index contributed by atoms with van der Waals surface area (Å²) in [6.07, 6.45) is 4.23. The summed E-state index contributed by atoms with van der Waals surface area (Å²) >= 11 is 0. The smallest absolute Gasteiger partial charge is 0.328 e. The van der Waals surface area contributed by atoms with Gasteiger partial charge in [0.1, 0.15) is 24.7 Å². The SMILES string of the molecule is O=C(O)C=Cc1ccc(OCCOCc2ccco2)cc1. The Bertz CT molecular complexity index is 569. The number of carbonyl (C=O) groups is 1. The Kier molecular flexibility index (Phi) is 5.60. The van der Waals surface area contributed by atoms with Gasteiger partial charge in [-0.3, -0.25) is 0 Å². The molecule has 0 amide bonds. The van der Waals surface area contributed by atoms with Crippen LogP contribution in [0.4, 0.5) is 0 Å². The first-order valence-corrected chi connectivity index (χ1v) is 6.48. The van der Waals surface area contributed by atoms with E-state index in [1.54, 1.807) is 30.5 Å². The third kappa shape index (κ3) is 5.54. The van der Waals surface area contributed by atoms with Gasteiger partial charge in [-0.15, -0.1) is 0 Å². The maximum absolute atomic E-state index is 10.4. The topological polar surface area (TPSA) is 68.9 Å². The molecule has 0 spiro atoms. The van der Waals surface area contributed by atoms with E-state index in [2.05, 4.69) is 0 Å². The Morgan fingerprint density at radius 3 is 2.67 bits per heavy atom. The first-order valence-electron chi connectivity index (χ1n) is 6.48. The fourth-order valence-electron chi connectivity index (χ4n) is 1.63. The van der Waals surface area contributed by atoms with Gasteiger partial charge in [0.25, 0.3) is 0 Å². The Labute approximate surface area is 122 Å². The van der Waals surface area contributed by atoms with Crippen LogP contribution in [0.25, 0.3) is 6.08 Å². The van der Waals surface area contributed by atoms with E-state index >= 15 is 0 Å². The summed E-state index contributed by atoms with van der Waals surface area (Å²) in [5.74, 6) is 0.526. The van der Waals surface area contributed by atoms with Crippen LogP contribution >= 0.6 is 0 Å². The Hall–Kier alpha value is -2.53. The summed E-state index contributed by atoms with van der Waals surface area (Å²) in [4.78, 5) is 10.4. The van der Waals surface area contributed by atoms with Crippen molar-refractivity contribution < 1.29 is 23.8 Å². The van der Waals surface area contributed by atoms with Gasteiger partial charge in [0.2, 0.25) is 0 Å². The zero-order chi connectivity index (χ0) is 14.9. The molecule has 0 radical (unpaired) electrons. The number of ether oxygens (including phenoxy) is 2. The predicted octanol–water partition coefficient (Wildman–Crippen LogP) is 2.97. The summed E-state index contributed by atoms with van der Waals surface area (Å²) in [7, 11) is 0. The van der Waals surface area contributed by atoms with E-state index in [0.717, 1.165) is 17.4 Å². The van der Waals surface area contributed by atoms with E-state index in [4.69, 9.17) is 19.0 Å². The van der Waals surface area contributed by atoms with E-state index in [1.807, 2.05) is 12.1 Å². The average molecular weight is 288 g/mol. The monoisotopic (exact) mass is 288 g/mol. The highest BCUT2D eigenvalue weighted by atomic mass is 16.5. The highest BCUT2D eigenvalue weighted by Gasteiger charge is 1.97. The third-order valence-electron chi connectivity index (χ3n) is 2.62. The molecule has 0 bridgehead atoms. The lowest BCUT2D eigenvalue weighted by molar-refractivity contribution is -0.131. The fraction of sp³-hybridized carbons (Fsp3) is 0.188. The number of hydrogen-bond donors (Lipinski definition) is 1. The number of aliphatic carboxylic acids is 1. The predicted molar refractivity (Wildman–Crippen MR) is 77.0 cm³/mol. The molecule has 0 aliphatic carbocycles. The molecule has 0 aliphatic rings. The summed E-state index contributed by atoms with van der Waals surface area (Å²) in [6, 6.07) is 10.8. The Morgan fingerprint density at radius 2 is 2.00 bits per heavy atom. The molecule has 5 nitrogen and oxygen atoms in total. The number of carboxylic acid groups (broad SMARTS) is 1. The number of hydrogen-bond acceptors (Lipinski definition) is 4. The van der Waals surface area contributed by atoms with Gasteiger partial charge in [0.15, 0.2) is 0 Å². The molecule has 0 saturated heterocycles. The van der Waals surface area contributed by atoms with E-state index in [9.17, 15) is 4.79 Å². The molecule has 0 fully saturated rings. The summed E-state index contributed by atoms with van der Waals surface area (Å²) < 4.78 is 16.0. The van der Waals surface area contributed by atoms with Crippen LogP contribution in [0, 0.1) is 0 Å². The molecular weight excluding hydrogens is 272 g/mol. The van der Waals surface area contributed by atoms with Crippen molar-refractivity contribution in [3.63, 3.8) is 0 Å².